The van der Waals surface area contributed by atoms with Gasteiger partial charge in [-0.05, 0) is 62.3 Å². The summed E-state index contributed by atoms with van der Waals surface area (Å²) in [5, 5.41) is 2.68. The van der Waals surface area contributed by atoms with Crippen molar-refractivity contribution in [2.45, 2.75) is 18.9 Å². The van der Waals surface area contributed by atoms with E-state index < -0.39 is 0 Å². The Morgan fingerprint density at radius 1 is 1.00 bits per heavy atom. The molecule has 2 N–H and O–H groups in total. The summed E-state index contributed by atoms with van der Waals surface area (Å²) in [4.78, 5) is 0. The molecule has 1 unspecified atom stereocenters. The second kappa shape index (κ2) is 4.47. The van der Waals surface area contributed by atoms with Crippen molar-refractivity contribution >= 4 is 26.7 Å². The minimum atomic E-state index is -0.173. The highest BCUT2D eigenvalue weighted by molar-refractivity contribution is 9.10. The maximum absolute atomic E-state index is 6.46. The highest BCUT2D eigenvalue weighted by atomic mass is 79.9. The Balaban J connectivity index is 1.96. The highest BCUT2D eigenvalue weighted by Crippen LogP contribution is 2.37. The molecule has 3 aromatic rings. The molecule has 0 fully saturated rings. The van der Waals surface area contributed by atoms with Crippen molar-refractivity contribution in [1.29, 1.82) is 0 Å². The number of hydrogen-bond donors (Lipinski definition) is 1. The lowest BCUT2D eigenvalue weighted by Gasteiger charge is -2.15. The number of halogens is 1. The molecular formula is C17H14BrNO. The van der Waals surface area contributed by atoms with Crippen LogP contribution in [0.1, 0.15) is 28.3 Å². The van der Waals surface area contributed by atoms with Crippen LogP contribution in [0, 0.1) is 0 Å². The summed E-state index contributed by atoms with van der Waals surface area (Å²) in [6.45, 7) is 0. The normalized spacial score (nSPS) is 14.9. The van der Waals surface area contributed by atoms with Gasteiger partial charge in [-0.2, -0.15) is 0 Å². The fourth-order valence-corrected chi connectivity index (χ4v) is 3.72. The molecule has 0 bridgehead atoms. The molecule has 20 heavy (non-hydrogen) atoms. The van der Waals surface area contributed by atoms with Crippen LogP contribution in [0.4, 0.5) is 0 Å². The molecule has 0 spiro atoms. The number of benzene rings is 2. The molecule has 0 radical (unpaired) electrons. The quantitative estimate of drug-likeness (QED) is 0.760. The second-order valence-corrected chi connectivity index (χ2v) is 6.00. The smallest absolute Gasteiger partial charge is 0.174 e. The number of nitrogens with two attached hydrogens (primary N) is 1. The molecule has 0 saturated carbocycles. The van der Waals surface area contributed by atoms with Crippen molar-refractivity contribution in [3.8, 4) is 0 Å². The minimum absolute atomic E-state index is 0.173. The van der Waals surface area contributed by atoms with Gasteiger partial charge in [0.1, 0.15) is 0 Å². The molecule has 2 aromatic carbocycles. The zero-order valence-corrected chi connectivity index (χ0v) is 12.5. The van der Waals surface area contributed by atoms with E-state index in [9.17, 15) is 0 Å². The Hall–Kier alpha value is -1.58. The number of aryl methyl sites for hydroxylation is 2. The maximum atomic E-state index is 6.46. The largest absolute Gasteiger partial charge is 0.457 e. The van der Waals surface area contributed by atoms with Crippen LogP contribution in [-0.2, 0) is 12.8 Å². The van der Waals surface area contributed by atoms with Crippen LogP contribution in [0.5, 0.6) is 0 Å². The van der Waals surface area contributed by atoms with E-state index in [0.29, 0.717) is 4.67 Å². The van der Waals surface area contributed by atoms with Gasteiger partial charge in [0, 0.05) is 5.56 Å². The van der Waals surface area contributed by atoms with Crippen LogP contribution < -0.4 is 5.73 Å². The first kappa shape index (κ1) is 12.2. The molecule has 0 aliphatic heterocycles. The molecule has 1 atom stereocenters. The summed E-state index contributed by atoms with van der Waals surface area (Å²) in [7, 11) is 0. The number of rotatable bonds is 2. The van der Waals surface area contributed by atoms with Gasteiger partial charge in [-0.1, -0.05) is 30.3 Å². The first-order valence-corrected chi connectivity index (χ1v) is 7.57. The molecule has 4 rings (SSSR count). The zero-order valence-electron chi connectivity index (χ0n) is 10.9. The lowest BCUT2D eigenvalue weighted by molar-refractivity contribution is 0.535. The predicted molar refractivity (Wildman–Crippen MR) is 83.8 cm³/mol. The van der Waals surface area contributed by atoms with E-state index >= 15 is 0 Å². The lowest BCUT2D eigenvalue weighted by Crippen LogP contribution is -2.12. The van der Waals surface area contributed by atoms with E-state index in [0.717, 1.165) is 24.0 Å². The molecular weight excluding hydrogens is 314 g/mol. The van der Waals surface area contributed by atoms with Crippen molar-refractivity contribution < 1.29 is 4.42 Å². The van der Waals surface area contributed by atoms with Crippen LogP contribution in [0.15, 0.2) is 51.7 Å². The van der Waals surface area contributed by atoms with Crippen molar-refractivity contribution in [2.75, 3.05) is 0 Å². The first-order chi connectivity index (χ1) is 9.75. The molecule has 1 aromatic heterocycles. The van der Waals surface area contributed by atoms with Crippen molar-refractivity contribution in [3.63, 3.8) is 0 Å². The van der Waals surface area contributed by atoms with Gasteiger partial charge < -0.3 is 10.2 Å². The zero-order chi connectivity index (χ0) is 13.7. The fourth-order valence-electron chi connectivity index (χ4n) is 3.23. The summed E-state index contributed by atoms with van der Waals surface area (Å²) in [5.74, 6) is 0. The van der Waals surface area contributed by atoms with E-state index in [2.05, 4.69) is 46.3 Å². The maximum Gasteiger partial charge on any atom is 0.174 e. The van der Waals surface area contributed by atoms with Gasteiger partial charge in [-0.3, -0.25) is 0 Å². The minimum Gasteiger partial charge on any atom is -0.457 e. The Labute approximate surface area is 125 Å². The van der Waals surface area contributed by atoms with E-state index in [4.69, 9.17) is 10.2 Å². The van der Waals surface area contributed by atoms with Gasteiger partial charge >= 0.3 is 0 Å². The first-order valence-electron chi connectivity index (χ1n) is 6.77. The average molecular weight is 328 g/mol. The van der Waals surface area contributed by atoms with E-state index in [-0.39, 0.29) is 6.04 Å². The monoisotopic (exact) mass is 327 g/mol. The predicted octanol–water partition coefficient (Wildman–Crippen LogP) is 4.34. The Morgan fingerprint density at radius 2 is 1.80 bits per heavy atom. The standard InChI is InChI=1S/C17H14BrNO/c18-17-14(8-9-20-17)16(19)13-7-6-11-5-4-10-2-1-3-12(13)15(10)11/h1-3,6-9,16H,4-5,19H2. The molecule has 0 amide bonds. The van der Waals surface area contributed by atoms with Gasteiger partial charge in [0.25, 0.3) is 0 Å². The van der Waals surface area contributed by atoms with Gasteiger partial charge in [0.2, 0.25) is 0 Å². The SMILES string of the molecule is NC(c1ccoc1Br)c1ccc2c3c(cccc13)CC2. The molecule has 1 aliphatic rings. The van der Waals surface area contributed by atoms with Gasteiger partial charge in [0.05, 0.1) is 12.3 Å². The van der Waals surface area contributed by atoms with Gasteiger partial charge in [-0.15, -0.1) is 0 Å². The third kappa shape index (κ3) is 1.67. The van der Waals surface area contributed by atoms with Crippen LogP contribution in [-0.4, -0.2) is 0 Å². The molecule has 1 heterocycles. The summed E-state index contributed by atoms with van der Waals surface area (Å²) in [6.07, 6.45) is 3.95. The van der Waals surface area contributed by atoms with Gasteiger partial charge in [0.15, 0.2) is 4.67 Å². The fraction of sp³-hybridized carbons (Fsp3) is 0.176. The van der Waals surface area contributed by atoms with Crippen molar-refractivity contribution in [2.24, 2.45) is 5.73 Å². The van der Waals surface area contributed by atoms with E-state index in [1.54, 1.807) is 6.26 Å². The Bertz CT molecular complexity index is 796. The second-order valence-electron chi connectivity index (χ2n) is 5.28. The van der Waals surface area contributed by atoms with Crippen LogP contribution in [0.3, 0.4) is 0 Å². The lowest BCUT2D eigenvalue weighted by atomic mass is 9.93. The summed E-state index contributed by atoms with van der Waals surface area (Å²) in [6, 6.07) is 12.7. The van der Waals surface area contributed by atoms with Crippen molar-refractivity contribution in [3.05, 3.63) is 69.6 Å². The van der Waals surface area contributed by atoms with Gasteiger partial charge in [-0.25, -0.2) is 0 Å². The Morgan fingerprint density at radius 3 is 2.55 bits per heavy atom. The van der Waals surface area contributed by atoms with Crippen molar-refractivity contribution in [1.82, 2.24) is 0 Å². The summed E-state index contributed by atoms with van der Waals surface area (Å²) < 4.78 is 6.03. The molecule has 0 saturated heterocycles. The highest BCUT2D eigenvalue weighted by Gasteiger charge is 2.21. The third-order valence-electron chi connectivity index (χ3n) is 4.23. The third-order valence-corrected chi connectivity index (χ3v) is 4.87. The molecule has 1 aliphatic carbocycles. The van der Waals surface area contributed by atoms with E-state index in [1.165, 1.54) is 21.9 Å². The average Bonchev–Trinajstić information content (AvgIpc) is 3.07. The molecule has 3 heteroatoms. The number of hydrogen-bond acceptors (Lipinski definition) is 2. The van der Waals surface area contributed by atoms with Crippen LogP contribution >= 0.6 is 15.9 Å². The summed E-state index contributed by atoms with van der Waals surface area (Å²) in [5.41, 5.74) is 11.5. The van der Waals surface area contributed by atoms with Crippen LogP contribution in [0.25, 0.3) is 10.8 Å². The van der Waals surface area contributed by atoms with Crippen LogP contribution in [0.2, 0.25) is 0 Å². The molecule has 2 nitrogen and oxygen atoms in total. The Kier molecular flexibility index (Phi) is 2.72. The summed E-state index contributed by atoms with van der Waals surface area (Å²) >= 11 is 3.42. The molecule has 100 valence electrons. The van der Waals surface area contributed by atoms with E-state index in [1.807, 2.05) is 6.07 Å². The topological polar surface area (TPSA) is 39.2 Å². The number of furan rings is 1.